The summed E-state index contributed by atoms with van der Waals surface area (Å²) in [6.45, 7) is -0.917. The largest absolute Gasteiger partial charge is 0.489 e. The Bertz CT molecular complexity index is 1290. The summed E-state index contributed by atoms with van der Waals surface area (Å²) in [7, 11) is 0. The Labute approximate surface area is 165 Å². The van der Waals surface area contributed by atoms with Crippen LogP contribution >= 0.6 is 0 Å². The van der Waals surface area contributed by atoms with E-state index in [1.807, 2.05) is 18.2 Å². The fraction of sp³-hybridized carbons (Fsp3) is 0.0455. The molecule has 4 rings (SSSR count). The lowest BCUT2D eigenvalue weighted by atomic mass is 10.0. The summed E-state index contributed by atoms with van der Waals surface area (Å²) >= 11 is 0. The monoisotopic (exact) mass is 418 g/mol. The van der Waals surface area contributed by atoms with Crippen LogP contribution in [0.25, 0.3) is 22.1 Å². The van der Waals surface area contributed by atoms with Gasteiger partial charge in [0.15, 0.2) is 23.3 Å². The summed E-state index contributed by atoms with van der Waals surface area (Å²) in [6, 6.07) is 14.7. The molecule has 1 heterocycles. The second kappa shape index (κ2) is 7.62. The summed E-state index contributed by atoms with van der Waals surface area (Å²) in [5, 5.41) is 0.574. The summed E-state index contributed by atoms with van der Waals surface area (Å²) in [4.78, 5) is 11.9. The number of halogens is 5. The molecule has 0 N–H and O–H groups in total. The van der Waals surface area contributed by atoms with Crippen LogP contribution in [0.4, 0.5) is 22.0 Å². The Morgan fingerprint density at radius 3 is 2.07 bits per heavy atom. The highest BCUT2D eigenvalue weighted by molar-refractivity contribution is 5.93. The normalized spacial score (nSPS) is 11.1. The van der Waals surface area contributed by atoms with Gasteiger partial charge in [-0.1, -0.05) is 30.3 Å². The van der Waals surface area contributed by atoms with E-state index in [1.54, 1.807) is 18.2 Å². The maximum absolute atomic E-state index is 13.8. The van der Waals surface area contributed by atoms with Gasteiger partial charge in [0.2, 0.25) is 5.82 Å². The van der Waals surface area contributed by atoms with Gasteiger partial charge in [0, 0.05) is 17.5 Å². The summed E-state index contributed by atoms with van der Waals surface area (Å²) < 4.78 is 77.7. The molecule has 0 atom stereocenters. The van der Waals surface area contributed by atoms with Gasteiger partial charge in [0.05, 0.1) is 5.56 Å². The van der Waals surface area contributed by atoms with E-state index in [0.29, 0.717) is 10.9 Å². The lowest BCUT2D eigenvalue weighted by Gasteiger charge is -2.11. The molecule has 0 radical (unpaired) electrons. The van der Waals surface area contributed by atoms with Crippen molar-refractivity contribution >= 4 is 11.0 Å². The Kier molecular flexibility index (Phi) is 4.99. The van der Waals surface area contributed by atoms with E-state index in [2.05, 4.69) is 0 Å². The Hall–Kier alpha value is -3.68. The number of hydrogen-bond acceptors (Lipinski definition) is 3. The van der Waals surface area contributed by atoms with Crippen molar-refractivity contribution in [3.05, 3.63) is 99.7 Å². The molecule has 8 heteroatoms. The number of ether oxygens (including phenoxy) is 1. The molecule has 3 nitrogen and oxygen atoms in total. The van der Waals surface area contributed by atoms with Gasteiger partial charge in [-0.05, 0) is 23.3 Å². The molecule has 152 valence electrons. The highest BCUT2D eigenvalue weighted by Crippen LogP contribution is 2.30. The first-order valence-corrected chi connectivity index (χ1v) is 8.63. The highest BCUT2D eigenvalue weighted by Gasteiger charge is 2.26. The molecule has 0 fully saturated rings. The zero-order valence-electron chi connectivity index (χ0n) is 15.0. The van der Waals surface area contributed by atoms with E-state index >= 15 is 0 Å². The molecule has 0 aliphatic carbocycles. The zero-order chi connectivity index (χ0) is 21.4. The molecule has 0 aliphatic rings. The van der Waals surface area contributed by atoms with Crippen molar-refractivity contribution in [2.75, 3.05) is 0 Å². The van der Waals surface area contributed by atoms with Crippen molar-refractivity contribution in [3.8, 4) is 16.9 Å². The number of hydrogen-bond donors (Lipinski definition) is 0. The van der Waals surface area contributed by atoms with Crippen LogP contribution < -0.4 is 10.4 Å². The van der Waals surface area contributed by atoms with E-state index in [0.717, 1.165) is 5.56 Å². The minimum atomic E-state index is -2.24. The predicted molar refractivity (Wildman–Crippen MR) is 98.5 cm³/mol. The molecule has 1 aromatic heterocycles. The van der Waals surface area contributed by atoms with Gasteiger partial charge in [-0.25, -0.2) is 26.7 Å². The van der Waals surface area contributed by atoms with Gasteiger partial charge in [0.25, 0.3) is 0 Å². The SMILES string of the molecule is O=c1cc(-c2ccccc2)c2ccc(OCc3c(F)c(F)c(F)c(F)c3F)cc2o1. The maximum atomic E-state index is 13.8. The fourth-order valence-corrected chi connectivity index (χ4v) is 3.02. The molecule has 0 bridgehead atoms. The first-order chi connectivity index (χ1) is 14.4. The third kappa shape index (κ3) is 3.41. The second-order valence-electron chi connectivity index (χ2n) is 6.34. The van der Waals surface area contributed by atoms with Crippen LogP contribution in [0.1, 0.15) is 5.56 Å². The number of fused-ring (bicyclic) bond motifs is 1. The molecule has 30 heavy (non-hydrogen) atoms. The molecular formula is C22H11F5O3. The first kappa shape index (κ1) is 19.6. The van der Waals surface area contributed by atoms with Gasteiger partial charge in [-0.2, -0.15) is 0 Å². The topological polar surface area (TPSA) is 39.4 Å². The average Bonchev–Trinajstić information content (AvgIpc) is 2.76. The van der Waals surface area contributed by atoms with Crippen LogP contribution in [0.5, 0.6) is 5.75 Å². The first-order valence-electron chi connectivity index (χ1n) is 8.63. The lowest BCUT2D eigenvalue weighted by Crippen LogP contribution is -2.09. The molecule has 0 saturated carbocycles. The van der Waals surface area contributed by atoms with Crippen molar-refractivity contribution < 1.29 is 31.1 Å². The fourth-order valence-electron chi connectivity index (χ4n) is 3.02. The van der Waals surface area contributed by atoms with Gasteiger partial charge >= 0.3 is 5.63 Å². The standard InChI is InChI=1S/C22H11F5O3/c23-18-15(19(24)21(26)22(27)20(18)25)10-29-12-6-7-13-14(11-4-2-1-3-5-11)9-17(28)30-16(13)8-12/h1-9H,10H2. The molecule has 3 aromatic carbocycles. The highest BCUT2D eigenvalue weighted by atomic mass is 19.2. The van der Waals surface area contributed by atoms with Crippen molar-refractivity contribution in [2.45, 2.75) is 6.61 Å². The minimum Gasteiger partial charge on any atom is -0.489 e. The van der Waals surface area contributed by atoms with Gasteiger partial charge in [0.1, 0.15) is 17.9 Å². The Morgan fingerprint density at radius 1 is 0.767 bits per heavy atom. The van der Waals surface area contributed by atoms with Gasteiger partial charge < -0.3 is 9.15 Å². The third-order valence-corrected chi connectivity index (χ3v) is 4.48. The summed E-state index contributed by atoms with van der Waals surface area (Å²) in [6.07, 6.45) is 0. The van der Waals surface area contributed by atoms with Gasteiger partial charge in [-0.15, -0.1) is 0 Å². The molecule has 0 unspecified atom stereocenters. The van der Waals surface area contributed by atoms with Crippen LogP contribution in [0, 0.1) is 29.1 Å². The lowest BCUT2D eigenvalue weighted by molar-refractivity contribution is 0.279. The van der Waals surface area contributed by atoms with E-state index in [1.165, 1.54) is 18.2 Å². The maximum Gasteiger partial charge on any atom is 0.336 e. The van der Waals surface area contributed by atoms with Crippen molar-refractivity contribution in [2.24, 2.45) is 0 Å². The Balaban J connectivity index is 1.70. The van der Waals surface area contributed by atoms with E-state index in [-0.39, 0.29) is 11.3 Å². The molecule has 0 saturated heterocycles. The number of rotatable bonds is 4. The van der Waals surface area contributed by atoms with Crippen LogP contribution in [0.2, 0.25) is 0 Å². The van der Waals surface area contributed by atoms with Crippen LogP contribution in [0.15, 0.2) is 63.8 Å². The van der Waals surface area contributed by atoms with Crippen molar-refractivity contribution in [1.29, 1.82) is 0 Å². The second-order valence-corrected chi connectivity index (χ2v) is 6.34. The summed E-state index contributed by atoms with van der Waals surface area (Å²) in [5.41, 5.74) is -0.223. The molecular weight excluding hydrogens is 407 g/mol. The van der Waals surface area contributed by atoms with Crippen molar-refractivity contribution in [1.82, 2.24) is 0 Å². The quantitative estimate of drug-likeness (QED) is 0.184. The predicted octanol–water partition coefficient (Wildman–Crippen LogP) is 5.73. The molecule has 0 spiro atoms. The number of benzene rings is 3. The molecule has 0 amide bonds. The van der Waals surface area contributed by atoms with Crippen LogP contribution in [0.3, 0.4) is 0 Å². The van der Waals surface area contributed by atoms with E-state index in [9.17, 15) is 26.7 Å². The minimum absolute atomic E-state index is 0.0137. The van der Waals surface area contributed by atoms with Crippen LogP contribution in [-0.2, 0) is 6.61 Å². The molecule has 4 aromatic rings. The van der Waals surface area contributed by atoms with E-state index < -0.39 is 46.9 Å². The van der Waals surface area contributed by atoms with Crippen molar-refractivity contribution in [3.63, 3.8) is 0 Å². The Morgan fingerprint density at radius 2 is 1.40 bits per heavy atom. The zero-order valence-corrected chi connectivity index (χ0v) is 15.0. The summed E-state index contributed by atoms with van der Waals surface area (Å²) in [5.74, 6) is -10.3. The van der Waals surface area contributed by atoms with Gasteiger partial charge in [-0.3, -0.25) is 0 Å². The average molecular weight is 418 g/mol. The third-order valence-electron chi connectivity index (χ3n) is 4.48. The van der Waals surface area contributed by atoms with Crippen LogP contribution in [-0.4, -0.2) is 0 Å². The smallest absolute Gasteiger partial charge is 0.336 e. The molecule has 0 aliphatic heterocycles. The van der Waals surface area contributed by atoms with E-state index in [4.69, 9.17) is 9.15 Å².